The Morgan fingerprint density at radius 1 is 1.40 bits per heavy atom. The van der Waals surface area contributed by atoms with E-state index in [-0.39, 0.29) is 18.1 Å². The third kappa shape index (κ3) is 3.64. The molecular formula is C11H14N6O3. The predicted molar refractivity (Wildman–Crippen MR) is 68.6 cm³/mol. The zero-order valence-corrected chi connectivity index (χ0v) is 10.9. The maximum Gasteiger partial charge on any atom is 0.389 e. The zero-order chi connectivity index (χ0) is 14.5. The first kappa shape index (κ1) is 13.7. The van der Waals surface area contributed by atoms with Crippen molar-refractivity contribution >= 4 is 11.7 Å². The van der Waals surface area contributed by atoms with Crippen molar-refractivity contribution in [1.29, 1.82) is 0 Å². The van der Waals surface area contributed by atoms with Crippen molar-refractivity contribution in [3.05, 3.63) is 40.3 Å². The highest BCUT2D eigenvalue weighted by Gasteiger charge is 2.11. The van der Waals surface area contributed by atoms with E-state index in [2.05, 4.69) is 15.5 Å². The van der Waals surface area contributed by atoms with Gasteiger partial charge in [-0.25, -0.2) is 0 Å². The molecule has 9 nitrogen and oxygen atoms in total. The van der Waals surface area contributed by atoms with Crippen molar-refractivity contribution in [2.24, 2.45) is 7.05 Å². The molecule has 2 aromatic rings. The van der Waals surface area contributed by atoms with Crippen molar-refractivity contribution in [2.75, 3.05) is 0 Å². The number of hydrogen-bond donors (Lipinski definition) is 1. The van der Waals surface area contributed by atoms with E-state index in [1.807, 2.05) is 6.07 Å². The molecule has 2 aromatic heterocycles. The number of nitrogens with zero attached hydrogens (tertiary/aromatic N) is 5. The fraction of sp³-hybridized carbons (Fsp3) is 0.364. The highest BCUT2D eigenvalue weighted by atomic mass is 16.6. The second kappa shape index (κ2) is 5.95. The van der Waals surface area contributed by atoms with E-state index < -0.39 is 4.92 Å². The first-order chi connectivity index (χ1) is 9.54. The smallest absolute Gasteiger partial charge is 0.358 e. The van der Waals surface area contributed by atoms with Crippen LogP contribution in [0.5, 0.6) is 0 Å². The van der Waals surface area contributed by atoms with Crippen LogP contribution >= 0.6 is 0 Å². The third-order valence-corrected chi connectivity index (χ3v) is 2.62. The van der Waals surface area contributed by atoms with Gasteiger partial charge in [-0.2, -0.15) is 9.78 Å². The van der Waals surface area contributed by atoms with E-state index in [1.165, 1.54) is 16.9 Å². The minimum atomic E-state index is -0.572. The summed E-state index contributed by atoms with van der Waals surface area (Å²) in [6.07, 6.45) is 3.47. The molecule has 1 N–H and O–H groups in total. The Morgan fingerprint density at radius 2 is 2.20 bits per heavy atom. The van der Waals surface area contributed by atoms with E-state index in [0.29, 0.717) is 13.1 Å². The molecule has 0 bridgehead atoms. The normalized spacial score (nSPS) is 10.4. The Labute approximate surface area is 114 Å². The van der Waals surface area contributed by atoms with Gasteiger partial charge in [0.1, 0.15) is 0 Å². The molecule has 0 atom stereocenters. The van der Waals surface area contributed by atoms with Gasteiger partial charge in [-0.1, -0.05) is 0 Å². The van der Waals surface area contributed by atoms with Crippen LogP contribution in [0.1, 0.15) is 12.1 Å². The lowest BCUT2D eigenvalue weighted by molar-refractivity contribution is -0.389. The van der Waals surface area contributed by atoms with Crippen molar-refractivity contribution in [2.45, 2.75) is 19.5 Å². The molecule has 0 radical (unpaired) electrons. The van der Waals surface area contributed by atoms with E-state index in [0.717, 1.165) is 5.69 Å². The Hall–Kier alpha value is -2.71. The summed E-state index contributed by atoms with van der Waals surface area (Å²) in [5.74, 6) is -0.382. The van der Waals surface area contributed by atoms with Gasteiger partial charge in [0.05, 0.1) is 36.1 Å². The summed E-state index contributed by atoms with van der Waals surface area (Å²) >= 11 is 0. The lowest BCUT2D eigenvalue weighted by Gasteiger charge is -2.02. The number of hydrogen-bond acceptors (Lipinski definition) is 5. The molecule has 2 heterocycles. The topological polar surface area (TPSA) is 108 Å². The van der Waals surface area contributed by atoms with Crippen molar-refractivity contribution < 1.29 is 9.72 Å². The number of aromatic nitrogens is 4. The van der Waals surface area contributed by atoms with Gasteiger partial charge in [-0.05, 0) is 11.0 Å². The highest BCUT2D eigenvalue weighted by Crippen LogP contribution is 2.05. The average Bonchev–Trinajstić information content (AvgIpc) is 3.03. The van der Waals surface area contributed by atoms with Gasteiger partial charge in [0.2, 0.25) is 5.91 Å². The number of carbonyl (C=O) groups excluding carboxylic acids is 1. The largest absolute Gasteiger partial charge is 0.389 e. The minimum Gasteiger partial charge on any atom is -0.358 e. The van der Waals surface area contributed by atoms with Crippen molar-refractivity contribution in [1.82, 2.24) is 24.9 Å². The summed E-state index contributed by atoms with van der Waals surface area (Å²) in [5, 5.41) is 21.0. The summed E-state index contributed by atoms with van der Waals surface area (Å²) < 4.78 is 3.03. The number of carbonyl (C=O) groups is 1. The average molecular weight is 278 g/mol. The molecule has 0 aliphatic carbocycles. The summed E-state index contributed by atoms with van der Waals surface area (Å²) in [6, 6.07) is 3.11. The summed E-state index contributed by atoms with van der Waals surface area (Å²) in [4.78, 5) is 21.5. The molecule has 0 saturated heterocycles. The molecule has 0 saturated carbocycles. The van der Waals surface area contributed by atoms with Gasteiger partial charge in [0, 0.05) is 19.7 Å². The number of rotatable bonds is 6. The van der Waals surface area contributed by atoms with Crippen molar-refractivity contribution in [3.63, 3.8) is 0 Å². The maximum atomic E-state index is 11.6. The monoisotopic (exact) mass is 278 g/mol. The zero-order valence-electron chi connectivity index (χ0n) is 10.9. The number of nitrogens with one attached hydrogen (secondary N) is 1. The molecule has 0 spiro atoms. The Bertz CT molecular complexity index is 617. The lowest BCUT2D eigenvalue weighted by atomic mass is 10.3. The second-order valence-electron chi connectivity index (χ2n) is 4.20. The van der Waals surface area contributed by atoms with Crippen LogP contribution in [0, 0.1) is 10.1 Å². The molecule has 1 amide bonds. The van der Waals surface area contributed by atoms with E-state index in [9.17, 15) is 14.9 Å². The Kier molecular flexibility index (Phi) is 4.08. The van der Waals surface area contributed by atoms with Crippen LogP contribution in [0.4, 0.5) is 5.82 Å². The van der Waals surface area contributed by atoms with Crippen LogP contribution in [-0.4, -0.2) is 30.4 Å². The Morgan fingerprint density at radius 3 is 2.80 bits per heavy atom. The van der Waals surface area contributed by atoms with E-state index >= 15 is 0 Å². The molecule has 0 aliphatic rings. The van der Waals surface area contributed by atoms with Gasteiger partial charge in [0.15, 0.2) is 0 Å². The van der Waals surface area contributed by atoms with Gasteiger partial charge in [-0.3, -0.25) is 9.48 Å². The fourth-order valence-corrected chi connectivity index (χ4v) is 1.62. The molecule has 2 rings (SSSR count). The summed E-state index contributed by atoms with van der Waals surface area (Å²) in [7, 11) is 1.80. The van der Waals surface area contributed by atoms with Gasteiger partial charge in [-0.15, -0.1) is 0 Å². The van der Waals surface area contributed by atoms with Crippen LogP contribution in [0.25, 0.3) is 0 Å². The summed E-state index contributed by atoms with van der Waals surface area (Å²) in [6.45, 7) is 0.654. The molecule has 0 aliphatic heterocycles. The van der Waals surface area contributed by atoms with Crippen LogP contribution in [0.2, 0.25) is 0 Å². The molecule has 0 aromatic carbocycles. The molecule has 0 unspecified atom stereocenters. The molecule has 9 heteroatoms. The molecule has 0 fully saturated rings. The predicted octanol–water partition coefficient (Wildman–Crippen LogP) is 0.231. The van der Waals surface area contributed by atoms with Gasteiger partial charge < -0.3 is 15.4 Å². The van der Waals surface area contributed by atoms with E-state index in [1.54, 1.807) is 17.9 Å². The molecule has 20 heavy (non-hydrogen) atoms. The number of aryl methyl sites for hydroxylation is 2. The highest BCUT2D eigenvalue weighted by molar-refractivity contribution is 5.75. The first-order valence-electron chi connectivity index (χ1n) is 5.97. The van der Waals surface area contributed by atoms with Crippen LogP contribution in [0.15, 0.2) is 24.5 Å². The number of nitro groups is 1. The van der Waals surface area contributed by atoms with Crippen LogP contribution in [-0.2, 0) is 24.9 Å². The number of amides is 1. The first-order valence-corrected chi connectivity index (χ1v) is 5.97. The van der Waals surface area contributed by atoms with Crippen LogP contribution < -0.4 is 5.32 Å². The lowest BCUT2D eigenvalue weighted by Crippen LogP contribution is -2.24. The van der Waals surface area contributed by atoms with Crippen LogP contribution in [0.3, 0.4) is 0 Å². The maximum absolute atomic E-state index is 11.6. The molecule has 106 valence electrons. The third-order valence-electron chi connectivity index (χ3n) is 2.62. The van der Waals surface area contributed by atoms with Gasteiger partial charge in [0.25, 0.3) is 0 Å². The second-order valence-corrected chi connectivity index (χ2v) is 4.20. The SMILES string of the molecule is Cn1ccc(CNC(=O)CCn2ccc([N+](=O)[O-])n2)n1. The summed E-state index contributed by atoms with van der Waals surface area (Å²) in [5.41, 5.74) is 0.774. The standard InChI is InChI=1S/C11H14N6O3/c1-15-5-2-9(13-15)8-12-11(18)4-7-16-6-3-10(14-16)17(19)20/h2-3,5-6H,4,7-8H2,1H3,(H,12,18). The van der Waals surface area contributed by atoms with Crippen molar-refractivity contribution in [3.8, 4) is 0 Å². The quantitative estimate of drug-likeness (QED) is 0.601. The minimum absolute atomic E-state index is 0.159. The van der Waals surface area contributed by atoms with Gasteiger partial charge >= 0.3 is 5.82 Å². The fourth-order valence-electron chi connectivity index (χ4n) is 1.62. The van der Waals surface area contributed by atoms with E-state index in [4.69, 9.17) is 0 Å². The Balaban J connectivity index is 1.75. The molecular weight excluding hydrogens is 264 g/mol.